The fraction of sp³-hybridized carbons (Fsp3) is 0.438. The van der Waals surface area contributed by atoms with Crippen LogP contribution in [0, 0.1) is 0 Å². The van der Waals surface area contributed by atoms with E-state index >= 15 is 0 Å². The summed E-state index contributed by atoms with van der Waals surface area (Å²) in [6.45, 7) is 3.69. The number of benzene rings is 1. The second-order valence-corrected chi connectivity index (χ2v) is 8.21. The van der Waals surface area contributed by atoms with E-state index in [9.17, 15) is 4.79 Å². The monoisotopic (exact) mass is 377 g/mol. The Morgan fingerprint density at radius 1 is 1.17 bits per heavy atom. The zero-order valence-corrected chi connectivity index (χ0v) is 15.3. The van der Waals surface area contributed by atoms with Crippen LogP contribution in [0.15, 0.2) is 36.4 Å². The van der Waals surface area contributed by atoms with Crippen molar-refractivity contribution < 1.29 is 14.6 Å². The molecule has 0 spiro atoms. The number of quaternary nitrogens is 2. The van der Waals surface area contributed by atoms with Gasteiger partial charge in [0.15, 0.2) is 0 Å². The molecular formula is C16H22Cl3N3O+2. The first kappa shape index (κ1) is 18.6. The van der Waals surface area contributed by atoms with Crippen LogP contribution in [-0.4, -0.2) is 49.1 Å². The van der Waals surface area contributed by atoms with Gasteiger partial charge in [0.1, 0.15) is 26.2 Å². The average molecular weight is 379 g/mol. The van der Waals surface area contributed by atoms with Gasteiger partial charge in [-0.05, 0) is 11.6 Å². The highest BCUT2D eigenvalue weighted by Crippen LogP contribution is 2.27. The Kier molecular flexibility index (Phi) is 6.74. The van der Waals surface area contributed by atoms with E-state index in [1.807, 2.05) is 30.3 Å². The number of hydrogen-bond donors (Lipinski definition) is 3. The van der Waals surface area contributed by atoms with Crippen LogP contribution in [0.25, 0.3) is 6.08 Å². The van der Waals surface area contributed by atoms with Gasteiger partial charge in [-0.25, -0.2) is 0 Å². The molecule has 0 aromatic heterocycles. The number of halogens is 3. The molecule has 2 rings (SSSR count). The number of piperazine rings is 1. The smallest absolute Gasteiger partial charge is 0.262 e. The molecule has 1 aliphatic rings. The maximum absolute atomic E-state index is 12.2. The predicted octanol–water partition coefficient (Wildman–Crippen LogP) is -0.0745. The number of alkyl halides is 3. The lowest BCUT2D eigenvalue weighted by molar-refractivity contribution is -1.02. The highest BCUT2D eigenvalue weighted by atomic mass is 35.6. The molecule has 0 unspecified atom stereocenters. The summed E-state index contributed by atoms with van der Waals surface area (Å²) in [6, 6.07) is 9.60. The maximum Gasteiger partial charge on any atom is 0.262 e. The van der Waals surface area contributed by atoms with E-state index < -0.39 is 9.96 Å². The number of carbonyl (C=O) groups is 1. The van der Waals surface area contributed by atoms with Gasteiger partial charge in [0.05, 0.1) is 7.05 Å². The number of amides is 1. The zero-order chi connectivity index (χ0) is 16.9. The highest BCUT2D eigenvalue weighted by Gasteiger charge is 2.43. The van der Waals surface area contributed by atoms with Gasteiger partial charge in [-0.2, -0.15) is 0 Å². The van der Waals surface area contributed by atoms with Crippen LogP contribution in [0.4, 0.5) is 0 Å². The maximum atomic E-state index is 12.2. The van der Waals surface area contributed by atoms with Crippen molar-refractivity contribution in [1.29, 1.82) is 0 Å². The fourth-order valence-corrected chi connectivity index (χ4v) is 3.25. The van der Waals surface area contributed by atoms with Crippen LogP contribution in [-0.2, 0) is 4.79 Å². The Morgan fingerprint density at radius 2 is 1.78 bits per heavy atom. The minimum atomic E-state index is -1.54. The minimum absolute atomic E-state index is 0.260. The second-order valence-electron chi connectivity index (χ2n) is 5.84. The second kappa shape index (κ2) is 8.36. The summed E-state index contributed by atoms with van der Waals surface area (Å²) >= 11 is 18.3. The molecule has 1 heterocycles. The topological polar surface area (TPSA) is 38.0 Å². The summed E-state index contributed by atoms with van der Waals surface area (Å²) in [4.78, 5) is 14.7. The standard InChI is InChI=1S/C16H20Cl3N3O/c1-21-9-11-22(12-10-21)15(16(17,18)19)20-14(23)8-7-13-5-3-2-4-6-13/h2-8,15H,9-12H2,1H3,(H,20,23)/p+2/b8-7+/t15-/m0/s1. The van der Waals surface area contributed by atoms with Crippen molar-refractivity contribution in [1.82, 2.24) is 5.32 Å². The van der Waals surface area contributed by atoms with Crippen molar-refractivity contribution in [2.75, 3.05) is 33.2 Å². The molecule has 1 aliphatic heterocycles. The highest BCUT2D eigenvalue weighted by molar-refractivity contribution is 6.68. The lowest BCUT2D eigenvalue weighted by Crippen LogP contribution is -3.30. The summed E-state index contributed by atoms with van der Waals surface area (Å²) in [5.41, 5.74) is 0.948. The molecule has 1 fully saturated rings. The van der Waals surface area contributed by atoms with Gasteiger partial charge in [0.25, 0.3) is 3.79 Å². The third-order valence-electron chi connectivity index (χ3n) is 3.99. The molecule has 0 radical (unpaired) electrons. The first-order valence-corrected chi connectivity index (χ1v) is 8.76. The van der Waals surface area contributed by atoms with E-state index in [4.69, 9.17) is 34.8 Å². The molecular weight excluding hydrogens is 357 g/mol. The van der Waals surface area contributed by atoms with Crippen molar-refractivity contribution in [3.63, 3.8) is 0 Å². The van der Waals surface area contributed by atoms with Crippen LogP contribution < -0.4 is 15.1 Å². The Balaban J connectivity index is 2.00. The molecule has 126 valence electrons. The molecule has 1 atom stereocenters. The van der Waals surface area contributed by atoms with E-state index in [2.05, 4.69) is 12.4 Å². The number of nitrogens with one attached hydrogen (secondary N) is 3. The van der Waals surface area contributed by atoms with Crippen LogP contribution in [0.5, 0.6) is 0 Å². The summed E-state index contributed by atoms with van der Waals surface area (Å²) in [5, 5.41) is 2.84. The molecule has 1 amide bonds. The van der Waals surface area contributed by atoms with Gasteiger partial charge >= 0.3 is 0 Å². The molecule has 4 nitrogen and oxygen atoms in total. The van der Waals surface area contributed by atoms with Gasteiger partial charge in [-0.3, -0.25) is 10.1 Å². The van der Waals surface area contributed by atoms with Crippen LogP contribution in [0.3, 0.4) is 0 Å². The molecule has 0 bridgehead atoms. The third kappa shape index (κ3) is 5.98. The molecule has 7 heteroatoms. The summed E-state index contributed by atoms with van der Waals surface area (Å²) in [5.74, 6) is -0.260. The third-order valence-corrected chi connectivity index (χ3v) is 4.65. The van der Waals surface area contributed by atoms with Crippen LogP contribution >= 0.6 is 34.8 Å². The largest absolute Gasteiger partial charge is 0.328 e. The lowest BCUT2D eigenvalue weighted by atomic mass is 10.2. The van der Waals surface area contributed by atoms with Crippen molar-refractivity contribution in [3.8, 4) is 0 Å². The summed E-state index contributed by atoms with van der Waals surface area (Å²) in [7, 11) is 2.14. The number of carbonyl (C=O) groups excluding carboxylic acids is 1. The van der Waals surface area contributed by atoms with Crippen molar-refractivity contribution in [3.05, 3.63) is 42.0 Å². The quantitative estimate of drug-likeness (QED) is 0.498. The Bertz CT molecular complexity index is 537. The molecule has 23 heavy (non-hydrogen) atoms. The predicted molar refractivity (Wildman–Crippen MR) is 95.0 cm³/mol. The summed E-state index contributed by atoms with van der Waals surface area (Å²) < 4.78 is -1.54. The van der Waals surface area contributed by atoms with E-state index in [1.54, 1.807) is 6.08 Å². The number of rotatable bonds is 4. The molecule has 1 saturated heterocycles. The fourth-order valence-electron chi connectivity index (χ4n) is 2.63. The first-order chi connectivity index (χ1) is 10.9. The first-order valence-electron chi connectivity index (χ1n) is 7.62. The van der Waals surface area contributed by atoms with Gasteiger partial charge < -0.3 is 9.80 Å². The van der Waals surface area contributed by atoms with Gasteiger partial charge in [-0.1, -0.05) is 65.1 Å². The van der Waals surface area contributed by atoms with Gasteiger partial charge in [0, 0.05) is 6.08 Å². The molecule has 3 N–H and O–H groups in total. The van der Waals surface area contributed by atoms with Crippen molar-refractivity contribution >= 4 is 46.8 Å². The van der Waals surface area contributed by atoms with E-state index in [-0.39, 0.29) is 5.91 Å². The van der Waals surface area contributed by atoms with E-state index in [0.717, 1.165) is 36.6 Å². The van der Waals surface area contributed by atoms with Gasteiger partial charge in [0.2, 0.25) is 12.1 Å². The van der Waals surface area contributed by atoms with Gasteiger partial charge in [-0.15, -0.1) is 0 Å². The summed E-state index contributed by atoms with van der Waals surface area (Å²) in [6.07, 6.45) is 2.65. The number of likely N-dealkylation sites (N-methyl/N-ethyl adjacent to an activating group) is 1. The molecule has 1 aromatic carbocycles. The molecule has 1 aromatic rings. The molecule has 0 aliphatic carbocycles. The Labute approximate surface area is 152 Å². The number of hydrogen-bond acceptors (Lipinski definition) is 1. The van der Waals surface area contributed by atoms with Crippen molar-refractivity contribution in [2.24, 2.45) is 0 Å². The average Bonchev–Trinajstić information content (AvgIpc) is 2.52. The Hall–Kier alpha value is -0.780. The Morgan fingerprint density at radius 3 is 2.35 bits per heavy atom. The SMILES string of the molecule is C[NH+]1CC[NH+]([C@H](NC(=O)/C=C/c2ccccc2)C(Cl)(Cl)Cl)CC1. The van der Waals surface area contributed by atoms with Crippen LogP contribution in [0.1, 0.15) is 5.56 Å². The molecule has 0 saturated carbocycles. The van der Waals surface area contributed by atoms with E-state index in [1.165, 1.54) is 11.0 Å². The lowest BCUT2D eigenvalue weighted by Gasteiger charge is -2.36. The zero-order valence-electron chi connectivity index (χ0n) is 13.0. The normalized spacial score (nSPS) is 23.7. The van der Waals surface area contributed by atoms with Crippen molar-refractivity contribution in [2.45, 2.75) is 9.96 Å². The minimum Gasteiger partial charge on any atom is -0.328 e. The van der Waals surface area contributed by atoms with E-state index in [0.29, 0.717) is 0 Å². The van der Waals surface area contributed by atoms with Crippen LogP contribution in [0.2, 0.25) is 0 Å².